The predicted octanol–water partition coefficient (Wildman–Crippen LogP) is 2.89. The van der Waals surface area contributed by atoms with Crippen LogP contribution in [0.2, 0.25) is 0 Å². The fourth-order valence-electron chi connectivity index (χ4n) is 1.66. The van der Waals surface area contributed by atoms with Crippen LogP contribution in [0, 0.1) is 21.7 Å². The van der Waals surface area contributed by atoms with Gasteiger partial charge in [0.25, 0.3) is 0 Å². The number of hydrogen-bond donors (Lipinski definition) is 0. The van der Waals surface area contributed by atoms with Gasteiger partial charge in [-0.1, -0.05) is 13.0 Å². The summed E-state index contributed by atoms with van der Waals surface area (Å²) in [4.78, 5) is 17.7. The topological polar surface area (TPSA) is 68.9 Å². The SMILES string of the molecule is CCc1nc(-c2c(F)cccc2F)ncc1[N+](=O)[O-]. The minimum atomic E-state index is -0.809. The Bertz CT molecular complexity index is 627. The number of aromatic nitrogens is 2. The highest BCUT2D eigenvalue weighted by Crippen LogP contribution is 2.25. The van der Waals surface area contributed by atoms with Gasteiger partial charge in [0.2, 0.25) is 0 Å². The molecule has 0 saturated carbocycles. The molecule has 2 rings (SSSR count). The van der Waals surface area contributed by atoms with Crippen molar-refractivity contribution >= 4 is 5.69 Å². The molecule has 1 aromatic carbocycles. The van der Waals surface area contributed by atoms with E-state index in [1.165, 1.54) is 6.07 Å². The predicted molar refractivity (Wildman–Crippen MR) is 63.4 cm³/mol. The first-order valence-corrected chi connectivity index (χ1v) is 5.49. The Morgan fingerprint density at radius 1 is 1.32 bits per heavy atom. The minimum absolute atomic E-state index is 0.137. The minimum Gasteiger partial charge on any atom is -0.258 e. The molecular formula is C12H9F2N3O2. The molecule has 1 aromatic heterocycles. The molecule has 0 N–H and O–H groups in total. The second-order valence-corrected chi connectivity index (χ2v) is 3.73. The molecule has 98 valence electrons. The molecular weight excluding hydrogens is 256 g/mol. The van der Waals surface area contributed by atoms with Crippen LogP contribution in [0.15, 0.2) is 24.4 Å². The van der Waals surface area contributed by atoms with Gasteiger partial charge in [0, 0.05) is 0 Å². The van der Waals surface area contributed by atoms with Gasteiger partial charge in [0.15, 0.2) is 5.82 Å². The summed E-state index contributed by atoms with van der Waals surface area (Å²) in [5.74, 6) is -1.81. The van der Waals surface area contributed by atoms with Gasteiger partial charge in [-0.05, 0) is 18.6 Å². The number of halogens is 2. The molecule has 1 heterocycles. The fraction of sp³-hybridized carbons (Fsp3) is 0.167. The van der Waals surface area contributed by atoms with Crippen LogP contribution in [-0.2, 0) is 6.42 Å². The summed E-state index contributed by atoms with van der Waals surface area (Å²) < 4.78 is 27.2. The lowest BCUT2D eigenvalue weighted by Gasteiger charge is -2.05. The molecule has 0 aliphatic heterocycles. The van der Waals surface area contributed by atoms with Crippen molar-refractivity contribution < 1.29 is 13.7 Å². The highest BCUT2D eigenvalue weighted by molar-refractivity contribution is 5.58. The molecule has 19 heavy (non-hydrogen) atoms. The summed E-state index contributed by atoms with van der Waals surface area (Å²) in [6, 6.07) is 3.38. The van der Waals surface area contributed by atoms with Crippen LogP contribution in [0.1, 0.15) is 12.6 Å². The molecule has 0 aliphatic rings. The van der Waals surface area contributed by atoms with Gasteiger partial charge in [-0.25, -0.2) is 18.7 Å². The number of nitrogens with zero attached hydrogens (tertiary/aromatic N) is 3. The first kappa shape index (κ1) is 13.0. The second-order valence-electron chi connectivity index (χ2n) is 3.73. The largest absolute Gasteiger partial charge is 0.308 e. The van der Waals surface area contributed by atoms with Crippen LogP contribution < -0.4 is 0 Å². The maximum Gasteiger partial charge on any atom is 0.308 e. The average molecular weight is 265 g/mol. The van der Waals surface area contributed by atoms with Crippen LogP contribution in [-0.4, -0.2) is 14.9 Å². The van der Waals surface area contributed by atoms with Crippen LogP contribution in [0.5, 0.6) is 0 Å². The van der Waals surface area contributed by atoms with Crippen molar-refractivity contribution in [2.24, 2.45) is 0 Å². The van der Waals surface area contributed by atoms with E-state index < -0.39 is 16.6 Å². The summed E-state index contributed by atoms with van der Waals surface area (Å²) in [5.41, 5.74) is -0.507. The van der Waals surface area contributed by atoms with E-state index in [0.717, 1.165) is 18.3 Å². The molecule has 0 fully saturated rings. The first-order valence-electron chi connectivity index (χ1n) is 5.49. The van der Waals surface area contributed by atoms with Gasteiger partial charge in [-0.2, -0.15) is 0 Å². The second kappa shape index (κ2) is 5.05. The summed E-state index contributed by atoms with van der Waals surface area (Å²) >= 11 is 0. The van der Waals surface area contributed by atoms with Gasteiger partial charge in [0.1, 0.15) is 23.5 Å². The van der Waals surface area contributed by atoms with Crippen LogP contribution in [0.3, 0.4) is 0 Å². The van der Waals surface area contributed by atoms with Crippen LogP contribution in [0.25, 0.3) is 11.4 Å². The molecule has 0 atom stereocenters. The lowest BCUT2D eigenvalue weighted by Crippen LogP contribution is -2.03. The van der Waals surface area contributed by atoms with E-state index in [1.807, 2.05) is 0 Å². The van der Waals surface area contributed by atoms with Gasteiger partial charge in [-0.15, -0.1) is 0 Å². The zero-order chi connectivity index (χ0) is 14.0. The van der Waals surface area contributed by atoms with E-state index in [-0.39, 0.29) is 29.2 Å². The fourth-order valence-corrected chi connectivity index (χ4v) is 1.66. The van der Waals surface area contributed by atoms with E-state index in [4.69, 9.17) is 0 Å². The Kier molecular flexibility index (Phi) is 3.46. The molecule has 0 amide bonds. The van der Waals surface area contributed by atoms with Crippen molar-refractivity contribution in [2.75, 3.05) is 0 Å². The average Bonchev–Trinajstić information content (AvgIpc) is 2.38. The molecule has 0 aliphatic carbocycles. The molecule has 7 heteroatoms. The Labute approximate surface area is 107 Å². The van der Waals surface area contributed by atoms with Gasteiger partial charge < -0.3 is 0 Å². The zero-order valence-corrected chi connectivity index (χ0v) is 9.93. The Balaban J connectivity index is 2.61. The molecule has 0 saturated heterocycles. The molecule has 0 unspecified atom stereocenters. The highest BCUT2D eigenvalue weighted by atomic mass is 19.1. The monoisotopic (exact) mass is 265 g/mol. The third kappa shape index (κ3) is 2.40. The van der Waals surface area contributed by atoms with Crippen molar-refractivity contribution in [3.8, 4) is 11.4 Å². The van der Waals surface area contributed by atoms with E-state index in [1.54, 1.807) is 6.92 Å². The van der Waals surface area contributed by atoms with E-state index in [9.17, 15) is 18.9 Å². The van der Waals surface area contributed by atoms with Crippen molar-refractivity contribution in [3.05, 3.63) is 51.8 Å². The number of nitro groups is 1. The number of rotatable bonds is 3. The van der Waals surface area contributed by atoms with Crippen LogP contribution in [0.4, 0.5) is 14.5 Å². The Hall–Kier alpha value is -2.44. The highest BCUT2D eigenvalue weighted by Gasteiger charge is 2.19. The van der Waals surface area contributed by atoms with Crippen molar-refractivity contribution in [2.45, 2.75) is 13.3 Å². The number of aryl methyl sites for hydroxylation is 1. The van der Waals surface area contributed by atoms with E-state index in [0.29, 0.717) is 0 Å². The van der Waals surface area contributed by atoms with E-state index >= 15 is 0 Å². The maximum absolute atomic E-state index is 13.6. The van der Waals surface area contributed by atoms with Crippen molar-refractivity contribution in [3.63, 3.8) is 0 Å². The quantitative estimate of drug-likeness (QED) is 0.632. The number of benzene rings is 1. The van der Waals surface area contributed by atoms with E-state index in [2.05, 4.69) is 9.97 Å². The van der Waals surface area contributed by atoms with Crippen LogP contribution >= 0.6 is 0 Å². The number of hydrogen-bond acceptors (Lipinski definition) is 4. The molecule has 0 spiro atoms. The standard InChI is InChI=1S/C12H9F2N3O2/c1-2-9-10(17(18)19)6-15-12(16-9)11-7(13)4-3-5-8(11)14/h3-6H,2H2,1H3. The van der Waals surface area contributed by atoms with Crippen molar-refractivity contribution in [1.29, 1.82) is 0 Å². The molecule has 0 radical (unpaired) electrons. The summed E-state index contributed by atoms with van der Waals surface area (Å²) in [6.07, 6.45) is 1.23. The summed E-state index contributed by atoms with van der Waals surface area (Å²) in [5, 5.41) is 10.7. The van der Waals surface area contributed by atoms with Gasteiger partial charge in [-0.3, -0.25) is 10.1 Å². The lowest BCUT2D eigenvalue weighted by molar-refractivity contribution is -0.386. The molecule has 5 nitrogen and oxygen atoms in total. The van der Waals surface area contributed by atoms with Gasteiger partial charge in [0.05, 0.1) is 10.5 Å². The first-order chi connectivity index (χ1) is 9.04. The van der Waals surface area contributed by atoms with Gasteiger partial charge >= 0.3 is 5.69 Å². The Morgan fingerprint density at radius 2 is 1.95 bits per heavy atom. The molecule has 0 bridgehead atoms. The lowest BCUT2D eigenvalue weighted by atomic mass is 10.1. The molecule has 2 aromatic rings. The summed E-state index contributed by atoms with van der Waals surface area (Å²) in [6.45, 7) is 1.66. The smallest absolute Gasteiger partial charge is 0.258 e. The third-order valence-corrected chi connectivity index (χ3v) is 2.56. The maximum atomic E-state index is 13.6. The third-order valence-electron chi connectivity index (χ3n) is 2.56. The Morgan fingerprint density at radius 3 is 2.47 bits per heavy atom. The normalized spacial score (nSPS) is 10.5. The van der Waals surface area contributed by atoms with Crippen molar-refractivity contribution in [1.82, 2.24) is 9.97 Å². The summed E-state index contributed by atoms with van der Waals surface area (Å²) in [7, 11) is 0. The zero-order valence-electron chi connectivity index (χ0n) is 9.93.